The zero-order valence-corrected chi connectivity index (χ0v) is 23.5. The number of para-hydroxylation sites is 4. The molecule has 0 bridgehead atoms. The second-order valence-corrected chi connectivity index (χ2v) is 9.85. The molecule has 3 N–H and O–H groups in total. The first-order chi connectivity index (χ1) is 20.3. The highest BCUT2D eigenvalue weighted by molar-refractivity contribution is 5.93. The van der Waals surface area contributed by atoms with Gasteiger partial charge in [0.15, 0.2) is 0 Å². The van der Waals surface area contributed by atoms with Gasteiger partial charge >= 0.3 is 0 Å². The molecule has 0 fully saturated rings. The summed E-state index contributed by atoms with van der Waals surface area (Å²) in [5.41, 5.74) is 10.8. The Bertz CT molecular complexity index is 1950. The average Bonchev–Trinajstić information content (AvgIpc) is 3.02. The Morgan fingerprint density at radius 2 is 0.881 bits per heavy atom. The maximum absolute atomic E-state index is 5.15. The third-order valence-electron chi connectivity index (χ3n) is 7.00. The molecule has 0 spiro atoms. The van der Waals surface area contributed by atoms with Gasteiger partial charge in [0.1, 0.15) is 11.0 Å². The number of nitrogens with one attached hydrogen (secondary N) is 3. The molecule has 0 aliphatic heterocycles. The van der Waals surface area contributed by atoms with E-state index in [1.807, 2.05) is 60.7 Å². The van der Waals surface area contributed by atoms with E-state index in [1.54, 1.807) is 0 Å². The number of anilines is 6. The highest BCUT2D eigenvalue weighted by Gasteiger charge is 2.22. The van der Waals surface area contributed by atoms with Crippen molar-refractivity contribution in [3.63, 3.8) is 0 Å². The molecular formula is C36H28ClN5. The number of aromatic nitrogens is 2. The van der Waals surface area contributed by atoms with Gasteiger partial charge in [-0.05, 0) is 54.6 Å². The molecule has 0 amide bonds. The maximum Gasteiger partial charge on any atom is 0.239 e. The van der Waals surface area contributed by atoms with Crippen molar-refractivity contribution in [2.24, 2.45) is 0 Å². The summed E-state index contributed by atoms with van der Waals surface area (Å²) in [5.74, 6) is 0. The van der Waals surface area contributed by atoms with Crippen LogP contribution in [0.2, 0.25) is 0 Å². The summed E-state index contributed by atoms with van der Waals surface area (Å²) in [6, 6.07) is 51.8. The molecule has 0 aliphatic carbocycles. The molecule has 0 saturated carbocycles. The number of nitrogens with zero attached hydrogens (tertiary/aromatic N) is 2. The molecule has 0 unspecified atom stereocenters. The van der Waals surface area contributed by atoms with Crippen LogP contribution in [-0.2, 0) is 0 Å². The maximum atomic E-state index is 5.15. The fraction of sp³-hybridized carbons (Fsp3) is 0. The van der Waals surface area contributed by atoms with Gasteiger partial charge in [-0.15, -0.1) is 4.57 Å². The Kier molecular flexibility index (Phi) is 7.66. The molecule has 6 heteroatoms. The van der Waals surface area contributed by atoms with E-state index >= 15 is 0 Å². The first kappa shape index (κ1) is 26.8. The van der Waals surface area contributed by atoms with Crippen molar-refractivity contribution in [1.29, 1.82) is 0 Å². The van der Waals surface area contributed by atoms with Crippen LogP contribution in [0.15, 0.2) is 152 Å². The average molecular weight is 566 g/mol. The summed E-state index contributed by atoms with van der Waals surface area (Å²) in [5, 5.41) is 10.8. The van der Waals surface area contributed by atoms with Gasteiger partial charge in [0, 0.05) is 47.0 Å². The number of rotatable bonds is 7. The topological polar surface area (TPSA) is 52.9 Å². The van der Waals surface area contributed by atoms with Crippen LogP contribution in [0.3, 0.4) is 0 Å². The Hall–Kier alpha value is -5.39. The van der Waals surface area contributed by atoms with Gasteiger partial charge in [-0.2, -0.15) is 0 Å². The number of hydrogen-bond acceptors (Lipinski definition) is 4. The molecule has 7 aromatic rings. The lowest BCUT2D eigenvalue weighted by Crippen LogP contribution is -3.00. The number of fused-ring (bicyclic) bond motifs is 2. The van der Waals surface area contributed by atoms with E-state index in [1.165, 1.54) is 0 Å². The van der Waals surface area contributed by atoms with E-state index < -0.39 is 0 Å². The Balaban J connectivity index is 0.00000316. The van der Waals surface area contributed by atoms with Crippen molar-refractivity contribution in [3.8, 4) is 5.69 Å². The summed E-state index contributed by atoms with van der Waals surface area (Å²) in [4.78, 5) is 5.15. The lowest BCUT2D eigenvalue weighted by molar-refractivity contribution is -0.538. The number of halogens is 1. The van der Waals surface area contributed by atoms with Crippen molar-refractivity contribution < 1.29 is 17.0 Å². The summed E-state index contributed by atoms with van der Waals surface area (Å²) < 4.78 is 2.29. The molecule has 1 heterocycles. The fourth-order valence-electron chi connectivity index (χ4n) is 5.08. The SMILES string of the molecule is [Cl-].c1ccc(Nc2ccc3nc4cc(Nc5ccccc5)c(Nc5ccccc5)cc4[n+](-c4ccccc4)c3c2)cc1. The molecule has 42 heavy (non-hydrogen) atoms. The van der Waals surface area contributed by atoms with Gasteiger partial charge in [-0.1, -0.05) is 72.8 Å². The predicted octanol–water partition coefficient (Wildman–Crippen LogP) is 5.90. The van der Waals surface area contributed by atoms with E-state index in [4.69, 9.17) is 4.98 Å². The minimum Gasteiger partial charge on any atom is -1.00 e. The lowest BCUT2D eigenvalue weighted by atomic mass is 10.1. The number of hydrogen-bond donors (Lipinski definition) is 3. The van der Waals surface area contributed by atoms with E-state index in [9.17, 15) is 0 Å². The molecular weight excluding hydrogens is 538 g/mol. The standard InChI is InChI=1S/C36H27N5.ClH/c1-5-13-26(14-6-1)37-29-21-22-31-35(23-29)41(30-19-11-4-12-20-30)36-25-33(39-28-17-9-3-10-18-28)32(24-34(36)40-31)38-27-15-7-2-8-16-27;/h1-25H,(H2,37,38,39,40);1H. The van der Waals surface area contributed by atoms with E-state index in [0.29, 0.717) is 0 Å². The first-order valence-corrected chi connectivity index (χ1v) is 13.7. The van der Waals surface area contributed by atoms with E-state index in [2.05, 4.69) is 112 Å². The van der Waals surface area contributed by atoms with Crippen LogP contribution in [0, 0.1) is 0 Å². The molecule has 0 atom stereocenters. The normalized spacial score (nSPS) is 10.7. The molecule has 0 radical (unpaired) electrons. The molecule has 6 aromatic carbocycles. The van der Waals surface area contributed by atoms with Crippen molar-refractivity contribution in [1.82, 2.24) is 4.98 Å². The van der Waals surface area contributed by atoms with Gasteiger partial charge in [0.25, 0.3) is 0 Å². The molecule has 1 aromatic heterocycles. The van der Waals surface area contributed by atoms with Crippen molar-refractivity contribution >= 4 is 56.2 Å². The van der Waals surface area contributed by atoms with E-state index in [-0.39, 0.29) is 12.4 Å². The molecule has 0 saturated heterocycles. The van der Waals surface area contributed by atoms with Gasteiger partial charge in [0.05, 0.1) is 11.4 Å². The first-order valence-electron chi connectivity index (χ1n) is 13.7. The Morgan fingerprint density at radius 3 is 1.45 bits per heavy atom. The van der Waals surface area contributed by atoms with Gasteiger partial charge in [0.2, 0.25) is 16.7 Å². The summed E-state index contributed by atoms with van der Waals surface area (Å²) in [6.07, 6.45) is 0. The molecule has 204 valence electrons. The van der Waals surface area contributed by atoms with Crippen LogP contribution in [0.5, 0.6) is 0 Å². The zero-order chi connectivity index (χ0) is 27.4. The monoisotopic (exact) mass is 565 g/mol. The van der Waals surface area contributed by atoms with Crippen LogP contribution < -0.4 is 32.9 Å². The zero-order valence-electron chi connectivity index (χ0n) is 22.7. The summed E-state index contributed by atoms with van der Waals surface area (Å²) in [7, 11) is 0. The Morgan fingerprint density at radius 1 is 0.405 bits per heavy atom. The highest BCUT2D eigenvalue weighted by atomic mass is 35.5. The van der Waals surface area contributed by atoms with Crippen LogP contribution in [0.4, 0.5) is 34.1 Å². The number of benzene rings is 6. The lowest BCUT2D eigenvalue weighted by Gasteiger charge is -2.16. The fourth-order valence-corrected chi connectivity index (χ4v) is 5.08. The predicted molar refractivity (Wildman–Crippen MR) is 170 cm³/mol. The second kappa shape index (κ2) is 12.0. The van der Waals surface area contributed by atoms with Crippen LogP contribution in [-0.4, -0.2) is 4.98 Å². The quantitative estimate of drug-likeness (QED) is 0.166. The highest BCUT2D eigenvalue weighted by Crippen LogP contribution is 2.33. The van der Waals surface area contributed by atoms with Crippen LogP contribution >= 0.6 is 0 Å². The molecule has 5 nitrogen and oxygen atoms in total. The van der Waals surface area contributed by atoms with Crippen LogP contribution in [0.1, 0.15) is 0 Å². The van der Waals surface area contributed by atoms with Gasteiger partial charge in [-0.3, -0.25) is 0 Å². The summed E-state index contributed by atoms with van der Waals surface area (Å²) in [6.45, 7) is 0. The van der Waals surface area contributed by atoms with Crippen molar-refractivity contribution in [2.45, 2.75) is 0 Å². The minimum atomic E-state index is 0. The van der Waals surface area contributed by atoms with Crippen LogP contribution in [0.25, 0.3) is 27.8 Å². The third-order valence-corrected chi connectivity index (χ3v) is 7.00. The summed E-state index contributed by atoms with van der Waals surface area (Å²) >= 11 is 0. The molecule has 0 aliphatic rings. The second-order valence-electron chi connectivity index (χ2n) is 9.85. The third kappa shape index (κ3) is 5.59. The smallest absolute Gasteiger partial charge is 0.239 e. The van der Waals surface area contributed by atoms with E-state index in [0.717, 1.165) is 61.9 Å². The Labute approximate surface area is 250 Å². The van der Waals surface area contributed by atoms with Gasteiger partial charge in [-0.25, -0.2) is 4.98 Å². The van der Waals surface area contributed by atoms with Crippen molar-refractivity contribution in [3.05, 3.63) is 152 Å². The molecule has 7 rings (SSSR count). The van der Waals surface area contributed by atoms with Crippen molar-refractivity contribution in [2.75, 3.05) is 16.0 Å². The minimum absolute atomic E-state index is 0. The largest absolute Gasteiger partial charge is 1.00 e. The van der Waals surface area contributed by atoms with Gasteiger partial charge < -0.3 is 28.4 Å².